The zero-order chi connectivity index (χ0) is 54.1. The summed E-state index contributed by atoms with van der Waals surface area (Å²) in [7, 11) is -6.35. The number of fused-ring (bicyclic) bond motifs is 7. The molecule has 1 amide bonds. The van der Waals surface area contributed by atoms with Gasteiger partial charge in [0, 0.05) is 68.2 Å². The molecule has 7 atom stereocenters. The number of Topliss-reactive ketones (excluding diaryl/α,β-unsaturated/α-hetero) is 1. The molecule has 4 unspecified atom stereocenters. The van der Waals surface area contributed by atoms with Crippen LogP contribution in [0.25, 0.3) is 21.8 Å². The summed E-state index contributed by atoms with van der Waals surface area (Å²) in [5.41, 5.74) is 3.52. The van der Waals surface area contributed by atoms with Gasteiger partial charge < -0.3 is 19.3 Å². The number of rotatable bonds is 21. The van der Waals surface area contributed by atoms with Gasteiger partial charge in [-0.1, -0.05) is 38.1 Å². The third kappa shape index (κ3) is 12.4. The minimum atomic E-state index is -4.18. The van der Waals surface area contributed by atoms with Gasteiger partial charge in [0.2, 0.25) is 11.0 Å². The topological polar surface area (TPSA) is 228 Å². The highest BCUT2D eigenvalue weighted by molar-refractivity contribution is 7.86. The maximum Gasteiger partial charge on any atom is 0.345 e. The number of nitrogens with zero attached hydrogens (tertiary/aromatic N) is 2. The van der Waals surface area contributed by atoms with Crippen molar-refractivity contribution in [2.24, 2.45) is 28.6 Å². The standard InChI is InChI=1S/C57H71N3O13S2/c1-37-33-39(34-38(2)53(37)73-55(65)52-41-15-6-8-17-47(41)59(27-13-31-74(66,67)68)48-18-9-7-16-42(48)52)54(64)58-26-12-29-60(5,30-14-32-75(69,70)71)28-11-10-19-51(63)72-49-36-43-44-20-21-50(62)57(44,4)25-23-45(43)56(3)24-22-40(61)35-46(49)56/h6-9,15-18,33-35,43-45,49H,10-14,19-32,36H2,1-5H3,(H-2,58,64,66,67,68,69,70,71)/p+2/t43?,44?,45?,49-,56-,57+,60?/m1/s1. The predicted octanol–water partition coefficient (Wildman–Crippen LogP) is 8.03. The molecule has 0 aliphatic heterocycles. The van der Waals surface area contributed by atoms with Crippen molar-refractivity contribution in [2.75, 3.05) is 44.7 Å². The van der Waals surface area contributed by atoms with E-state index in [4.69, 9.17) is 9.47 Å². The molecule has 4 aromatic rings. The van der Waals surface area contributed by atoms with E-state index in [9.17, 15) is 49.9 Å². The Morgan fingerprint density at radius 3 is 2.03 bits per heavy atom. The fourth-order valence-corrected chi connectivity index (χ4v) is 14.5. The van der Waals surface area contributed by atoms with Crippen molar-refractivity contribution >= 4 is 71.5 Å². The van der Waals surface area contributed by atoms with Crippen molar-refractivity contribution in [1.29, 1.82) is 0 Å². The van der Waals surface area contributed by atoms with Crippen molar-refractivity contribution in [2.45, 2.75) is 124 Å². The molecule has 16 nitrogen and oxygen atoms in total. The highest BCUT2D eigenvalue weighted by Gasteiger charge is 2.61. The van der Waals surface area contributed by atoms with E-state index in [1.807, 2.05) is 35.9 Å². The molecular formula is C57H73N3O13S2+2. The SMILES string of the molecule is Cc1cc(C(=O)NCCC[N+](C)(CCCCC(=O)O[C@@H]2CC3C(CC[C@]4(C)C(=O)CCC34)[C@@]3(C)CCC(=O)C=C23)CCCS(=O)(=O)O)cc(C)c1OC(=O)c1c2ccccc2[n+](CCCS(=O)(=O)O)c2ccccc12. The molecule has 75 heavy (non-hydrogen) atoms. The molecule has 0 spiro atoms. The number of ketones is 2. The van der Waals surface area contributed by atoms with Gasteiger partial charge in [0.05, 0.1) is 54.5 Å². The van der Waals surface area contributed by atoms with E-state index in [0.717, 1.165) is 31.3 Å². The summed E-state index contributed by atoms with van der Waals surface area (Å²) in [5.74, 6) is -0.529. The second-order valence-electron chi connectivity index (χ2n) is 22.5. The molecule has 0 saturated heterocycles. The lowest BCUT2D eigenvalue weighted by atomic mass is 9.47. The quantitative estimate of drug-likeness (QED) is 0.0137. The van der Waals surface area contributed by atoms with Crippen molar-refractivity contribution in [1.82, 2.24) is 5.32 Å². The number of amides is 1. The molecular weight excluding hydrogens is 999 g/mol. The molecule has 4 aliphatic rings. The number of carbonyl (C=O) groups excluding carboxylic acids is 5. The van der Waals surface area contributed by atoms with Crippen LogP contribution in [0.5, 0.6) is 5.75 Å². The molecule has 0 bridgehead atoms. The van der Waals surface area contributed by atoms with E-state index in [1.54, 1.807) is 56.3 Å². The second kappa shape index (κ2) is 22.3. The first kappa shape index (κ1) is 55.8. The molecule has 3 N–H and O–H groups in total. The Bertz CT molecular complexity index is 3090. The maximum absolute atomic E-state index is 14.2. The van der Waals surface area contributed by atoms with E-state index < -0.39 is 38.1 Å². The van der Waals surface area contributed by atoms with Gasteiger partial charge in [0.25, 0.3) is 26.1 Å². The Kier molecular flexibility index (Phi) is 16.6. The zero-order valence-corrected chi connectivity index (χ0v) is 45.5. The molecule has 3 saturated carbocycles. The van der Waals surface area contributed by atoms with Gasteiger partial charge in [-0.3, -0.25) is 28.3 Å². The lowest BCUT2D eigenvalue weighted by Crippen LogP contribution is -2.54. The molecule has 3 aromatic carbocycles. The van der Waals surface area contributed by atoms with Crippen molar-refractivity contribution in [3.05, 3.63) is 94.6 Å². The average Bonchev–Trinajstić information content (AvgIpc) is 3.66. The van der Waals surface area contributed by atoms with Gasteiger partial charge in [-0.15, -0.1) is 0 Å². The molecule has 3 fully saturated rings. The average molecular weight is 1070 g/mol. The highest BCUT2D eigenvalue weighted by atomic mass is 32.2. The Hall–Kier alpha value is -5.40. The third-order valence-electron chi connectivity index (χ3n) is 17.4. The summed E-state index contributed by atoms with van der Waals surface area (Å²) < 4.78 is 80.0. The first-order valence-electron chi connectivity index (χ1n) is 26.6. The minimum Gasteiger partial charge on any atom is -0.458 e. The number of hydrogen-bond acceptors (Lipinski definition) is 11. The van der Waals surface area contributed by atoms with Crippen LogP contribution in [-0.4, -0.2) is 111 Å². The van der Waals surface area contributed by atoms with Crippen molar-refractivity contribution < 1.29 is 68.4 Å². The summed E-state index contributed by atoms with van der Waals surface area (Å²) in [5, 5.41) is 4.19. The number of unbranched alkanes of at least 4 members (excludes halogenated alkanes) is 1. The molecule has 4 aliphatic carbocycles. The number of carbonyl (C=O) groups is 5. The first-order valence-corrected chi connectivity index (χ1v) is 29.8. The van der Waals surface area contributed by atoms with Crippen molar-refractivity contribution in [3.63, 3.8) is 0 Å². The largest absolute Gasteiger partial charge is 0.458 e. The summed E-state index contributed by atoms with van der Waals surface area (Å²) in [4.78, 5) is 67.3. The maximum atomic E-state index is 14.2. The van der Waals surface area contributed by atoms with E-state index in [-0.39, 0.29) is 71.9 Å². The van der Waals surface area contributed by atoms with Gasteiger partial charge in [0.1, 0.15) is 17.6 Å². The van der Waals surface area contributed by atoms with Gasteiger partial charge >= 0.3 is 11.9 Å². The van der Waals surface area contributed by atoms with Crippen LogP contribution in [-0.2, 0) is 45.9 Å². The van der Waals surface area contributed by atoms with Crippen LogP contribution in [0, 0.1) is 42.4 Å². The smallest absolute Gasteiger partial charge is 0.345 e. The molecule has 1 aromatic heterocycles. The van der Waals surface area contributed by atoms with Gasteiger partial charge in [-0.05, 0) is 129 Å². The summed E-state index contributed by atoms with van der Waals surface area (Å²) in [6.07, 6.45) is 8.53. The lowest BCUT2D eigenvalue weighted by Gasteiger charge is -2.58. The summed E-state index contributed by atoms with van der Waals surface area (Å²) in [6.45, 7) is 10.1. The highest BCUT2D eigenvalue weighted by Crippen LogP contribution is 2.64. The van der Waals surface area contributed by atoms with Gasteiger partial charge in [0.15, 0.2) is 12.3 Å². The van der Waals surface area contributed by atoms with Crippen LogP contribution < -0.4 is 14.6 Å². The van der Waals surface area contributed by atoms with Crippen LogP contribution in [0.2, 0.25) is 0 Å². The third-order valence-corrected chi connectivity index (χ3v) is 19.0. The van der Waals surface area contributed by atoms with Crippen LogP contribution >= 0.6 is 0 Å². The molecule has 404 valence electrons. The molecule has 1 heterocycles. The van der Waals surface area contributed by atoms with E-state index in [2.05, 4.69) is 19.2 Å². The van der Waals surface area contributed by atoms with Crippen LogP contribution in [0.3, 0.4) is 0 Å². The van der Waals surface area contributed by atoms with E-state index >= 15 is 0 Å². The molecule has 18 heteroatoms. The van der Waals surface area contributed by atoms with E-state index in [0.29, 0.717) is 131 Å². The number of ether oxygens (including phenoxy) is 2. The Morgan fingerprint density at radius 1 is 0.773 bits per heavy atom. The monoisotopic (exact) mass is 1070 g/mol. The number of esters is 2. The minimum absolute atomic E-state index is 0.0602. The Morgan fingerprint density at radius 2 is 1.37 bits per heavy atom. The first-order chi connectivity index (χ1) is 35.4. The fraction of sp³-hybridized carbons (Fsp3) is 0.544. The summed E-state index contributed by atoms with van der Waals surface area (Å²) in [6, 6.07) is 17.9. The Balaban J connectivity index is 0.869. The number of benzene rings is 3. The summed E-state index contributed by atoms with van der Waals surface area (Å²) >= 11 is 0. The van der Waals surface area contributed by atoms with Crippen LogP contribution in [0.15, 0.2) is 72.3 Å². The van der Waals surface area contributed by atoms with Crippen LogP contribution in [0.1, 0.15) is 129 Å². The number of hydrogen-bond donors (Lipinski definition) is 3. The number of pyridine rings is 1. The molecule has 8 rings (SSSR count). The fourth-order valence-electron chi connectivity index (χ4n) is 13.5. The zero-order valence-electron chi connectivity index (χ0n) is 43.9. The molecule has 0 radical (unpaired) electrons. The number of para-hydroxylation sites is 2. The normalized spacial score (nSPS) is 24.4. The number of aryl methyl sites for hydroxylation is 3. The van der Waals surface area contributed by atoms with Gasteiger partial charge in [-0.2, -0.15) is 21.4 Å². The predicted molar refractivity (Wildman–Crippen MR) is 283 cm³/mol. The lowest BCUT2D eigenvalue weighted by molar-refractivity contribution is -0.909. The number of aromatic nitrogens is 1. The van der Waals surface area contributed by atoms with Crippen molar-refractivity contribution in [3.8, 4) is 5.75 Å². The van der Waals surface area contributed by atoms with Gasteiger partial charge in [-0.25, -0.2) is 4.79 Å². The second-order valence-corrected chi connectivity index (χ2v) is 25.7. The Labute approximate surface area is 440 Å². The van der Waals surface area contributed by atoms with E-state index in [1.165, 1.54) is 0 Å². The number of nitrogens with one attached hydrogen (secondary N) is 1. The van der Waals surface area contributed by atoms with Crippen LogP contribution in [0.4, 0.5) is 0 Å². The number of quaternary nitrogens is 1.